The number of amides is 1. The molecular weight excluding hydrogens is 330 g/mol. The first-order chi connectivity index (χ1) is 11.2. The first kappa shape index (κ1) is 15.8. The third kappa shape index (κ3) is 4.20. The average molecular weight is 345 g/mol. The number of nitrogens with zero attached hydrogens (tertiary/aromatic N) is 2. The van der Waals surface area contributed by atoms with E-state index in [1.165, 1.54) is 4.70 Å². The molecule has 3 rings (SSSR count). The van der Waals surface area contributed by atoms with Gasteiger partial charge in [-0.2, -0.15) is 0 Å². The summed E-state index contributed by atoms with van der Waals surface area (Å²) < 4.78 is 6.16. The number of rotatable bonds is 6. The number of anilines is 1. The SMILES string of the molecule is COc1ccc(NC(=O)CSCc2nc3ccccc3s2)cn1. The van der Waals surface area contributed by atoms with Crippen molar-refractivity contribution in [2.45, 2.75) is 5.75 Å². The van der Waals surface area contributed by atoms with E-state index in [-0.39, 0.29) is 5.91 Å². The highest BCUT2D eigenvalue weighted by Gasteiger charge is 2.06. The van der Waals surface area contributed by atoms with Gasteiger partial charge in [0, 0.05) is 11.8 Å². The van der Waals surface area contributed by atoms with E-state index in [1.807, 2.05) is 18.2 Å². The summed E-state index contributed by atoms with van der Waals surface area (Å²) in [5, 5.41) is 3.85. The summed E-state index contributed by atoms with van der Waals surface area (Å²) in [6, 6.07) is 11.5. The number of pyridine rings is 1. The van der Waals surface area contributed by atoms with Crippen LogP contribution in [0, 0.1) is 0 Å². The number of aromatic nitrogens is 2. The molecule has 0 spiro atoms. The first-order valence-corrected chi connectivity index (χ1v) is 8.94. The van der Waals surface area contributed by atoms with Crippen LogP contribution in [0.1, 0.15) is 5.01 Å². The monoisotopic (exact) mass is 345 g/mol. The summed E-state index contributed by atoms with van der Waals surface area (Å²) in [5.74, 6) is 1.58. The van der Waals surface area contributed by atoms with Gasteiger partial charge in [-0.1, -0.05) is 12.1 Å². The molecule has 0 radical (unpaired) electrons. The van der Waals surface area contributed by atoms with Gasteiger partial charge in [0.25, 0.3) is 0 Å². The van der Waals surface area contributed by atoms with Gasteiger partial charge in [-0.15, -0.1) is 23.1 Å². The van der Waals surface area contributed by atoms with Crippen LogP contribution >= 0.6 is 23.1 Å². The van der Waals surface area contributed by atoms with Crippen LogP contribution in [0.15, 0.2) is 42.6 Å². The van der Waals surface area contributed by atoms with E-state index >= 15 is 0 Å². The molecule has 1 amide bonds. The maximum absolute atomic E-state index is 11.9. The highest BCUT2D eigenvalue weighted by Crippen LogP contribution is 2.24. The molecule has 1 N–H and O–H groups in total. The predicted molar refractivity (Wildman–Crippen MR) is 95.2 cm³/mol. The Morgan fingerprint density at radius 3 is 2.91 bits per heavy atom. The molecule has 1 aromatic carbocycles. The van der Waals surface area contributed by atoms with Crippen molar-refractivity contribution in [3.8, 4) is 5.88 Å². The topological polar surface area (TPSA) is 64.1 Å². The number of methoxy groups -OCH3 is 1. The van der Waals surface area contributed by atoms with Crippen LogP contribution in [0.3, 0.4) is 0 Å². The molecule has 0 saturated heterocycles. The number of carbonyl (C=O) groups excluding carboxylic acids is 1. The smallest absolute Gasteiger partial charge is 0.234 e. The molecule has 7 heteroatoms. The first-order valence-electron chi connectivity index (χ1n) is 6.96. The Bertz CT molecular complexity index is 769. The van der Waals surface area contributed by atoms with Crippen molar-refractivity contribution < 1.29 is 9.53 Å². The Hall–Kier alpha value is -2.12. The van der Waals surface area contributed by atoms with Crippen molar-refractivity contribution in [1.29, 1.82) is 0 Å². The summed E-state index contributed by atoms with van der Waals surface area (Å²) in [6.07, 6.45) is 1.58. The zero-order valence-electron chi connectivity index (χ0n) is 12.5. The summed E-state index contributed by atoms with van der Waals surface area (Å²) >= 11 is 3.22. The molecule has 3 aromatic rings. The van der Waals surface area contributed by atoms with E-state index in [4.69, 9.17) is 4.74 Å². The minimum absolute atomic E-state index is 0.0527. The van der Waals surface area contributed by atoms with Gasteiger partial charge >= 0.3 is 0 Å². The van der Waals surface area contributed by atoms with Gasteiger partial charge in [0.1, 0.15) is 5.01 Å². The lowest BCUT2D eigenvalue weighted by molar-refractivity contribution is -0.113. The maximum Gasteiger partial charge on any atom is 0.234 e. The van der Waals surface area contributed by atoms with E-state index in [2.05, 4.69) is 21.4 Å². The zero-order chi connectivity index (χ0) is 16.1. The Kier molecular flexibility index (Phi) is 5.09. The number of hydrogen-bond acceptors (Lipinski definition) is 6. The number of thioether (sulfide) groups is 1. The molecule has 0 atom stereocenters. The second-order valence-electron chi connectivity index (χ2n) is 4.71. The zero-order valence-corrected chi connectivity index (χ0v) is 14.1. The number of fused-ring (bicyclic) bond motifs is 1. The second kappa shape index (κ2) is 7.43. The van der Waals surface area contributed by atoms with E-state index in [1.54, 1.807) is 48.5 Å². The number of benzene rings is 1. The lowest BCUT2D eigenvalue weighted by Crippen LogP contribution is -2.14. The molecule has 0 fully saturated rings. The Balaban J connectivity index is 1.48. The van der Waals surface area contributed by atoms with Crippen molar-refractivity contribution in [3.05, 3.63) is 47.6 Å². The van der Waals surface area contributed by atoms with Crippen LogP contribution in [0.5, 0.6) is 5.88 Å². The number of hydrogen-bond donors (Lipinski definition) is 1. The molecule has 2 aromatic heterocycles. The van der Waals surface area contributed by atoms with Crippen LogP contribution in [-0.4, -0.2) is 28.7 Å². The minimum atomic E-state index is -0.0527. The average Bonchev–Trinajstić information content (AvgIpc) is 2.98. The van der Waals surface area contributed by atoms with Crippen molar-refractivity contribution in [1.82, 2.24) is 9.97 Å². The molecule has 0 unspecified atom stereocenters. The number of thiazole rings is 1. The van der Waals surface area contributed by atoms with E-state index in [0.29, 0.717) is 17.3 Å². The molecule has 0 aliphatic rings. The summed E-state index contributed by atoms with van der Waals surface area (Å²) in [5.41, 5.74) is 1.68. The number of carbonyl (C=O) groups is 1. The number of para-hydroxylation sites is 1. The molecule has 2 heterocycles. The van der Waals surface area contributed by atoms with Gasteiger partial charge in [0.15, 0.2) is 0 Å². The lowest BCUT2D eigenvalue weighted by atomic mass is 10.3. The highest BCUT2D eigenvalue weighted by molar-refractivity contribution is 7.99. The normalized spacial score (nSPS) is 10.7. The van der Waals surface area contributed by atoms with Crippen molar-refractivity contribution in [2.24, 2.45) is 0 Å². The number of nitrogens with one attached hydrogen (secondary N) is 1. The van der Waals surface area contributed by atoms with E-state index in [9.17, 15) is 4.79 Å². The van der Waals surface area contributed by atoms with Crippen molar-refractivity contribution >= 4 is 44.9 Å². The largest absolute Gasteiger partial charge is 0.481 e. The van der Waals surface area contributed by atoms with Crippen molar-refractivity contribution in [3.63, 3.8) is 0 Å². The predicted octanol–water partition coefficient (Wildman–Crippen LogP) is 3.57. The van der Waals surface area contributed by atoms with Crippen LogP contribution in [-0.2, 0) is 10.5 Å². The maximum atomic E-state index is 11.9. The summed E-state index contributed by atoms with van der Waals surface area (Å²) in [7, 11) is 1.55. The minimum Gasteiger partial charge on any atom is -0.481 e. The van der Waals surface area contributed by atoms with E-state index in [0.717, 1.165) is 16.3 Å². The summed E-state index contributed by atoms with van der Waals surface area (Å²) in [4.78, 5) is 20.5. The van der Waals surface area contributed by atoms with Crippen LogP contribution in [0.2, 0.25) is 0 Å². The van der Waals surface area contributed by atoms with Crippen LogP contribution in [0.4, 0.5) is 5.69 Å². The highest BCUT2D eigenvalue weighted by atomic mass is 32.2. The molecule has 5 nitrogen and oxygen atoms in total. The van der Waals surface area contributed by atoms with Gasteiger partial charge < -0.3 is 10.1 Å². The Morgan fingerprint density at radius 2 is 2.17 bits per heavy atom. The van der Waals surface area contributed by atoms with Gasteiger partial charge in [0.2, 0.25) is 11.8 Å². The third-order valence-electron chi connectivity index (χ3n) is 3.03. The van der Waals surface area contributed by atoms with Gasteiger partial charge in [-0.05, 0) is 18.2 Å². The Morgan fingerprint density at radius 1 is 1.30 bits per heavy atom. The third-order valence-corrected chi connectivity index (χ3v) is 5.19. The second-order valence-corrected chi connectivity index (χ2v) is 6.81. The molecular formula is C16H15N3O2S2. The van der Waals surface area contributed by atoms with Crippen LogP contribution in [0.25, 0.3) is 10.2 Å². The molecule has 0 bridgehead atoms. The molecule has 0 aliphatic heterocycles. The van der Waals surface area contributed by atoms with Gasteiger partial charge in [-0.3, -0.25) is 4.79 Å². The lowest BCUT2D eigenvalue weighted by Gasteiger charge is -2.05. The summed E-state index contributed by atoms with van der Waals surface area (Å²) in [6.45, 7) is 0. The fourth-order valence-electron chi connectivity index (χ4n) is 1.98. The van der Waals surface area contributed by atoms with Gasteiger partial charge in [0.05, 0.1) is 35.0 Å². The Labute approximate surface area is 142 Å². The van der Waals surface area contributed by atoms with E-state index < -0.39 is 0 Å². The molecule has 0 saturated carbocycles. The standard InChI is InChI=1S/C16H15N3O2S2/c1-21-15-7-6-11(8-17-15)18-14(20)9-22-10-16-19-12-4-2-3-5-13(12)23-16/h2-8H,9-10H2,1H3,(H,18,20). The van der Waals surface area contributed by atoms with Crippen molar-refractivity contribution in [2.75, 3.05) is 18.2 Å². The number of ether oxygens (including phenoxy) is 1. The quantitative estimate of drug-likeness (QED) is 0.740. The molecule has 23 heavy (non-hydrogen) atoms. The molecule has 118 valence electrons. The fraction of sp³-hybridized carbons (Fsp3) is 0.188. The molecule has 0 aliphatic carbocycles. The fourth-order valence-corrected chi connectivity index (χ4v) is 3.83. The van der Waals surface area contributed by atoms with Crippen LogP contribution < -0.4 is 10.1 Å². The van der Waals surface area contributed by atoms with Gasteiger partial charge in [-0.25, -0.2) is 9.97 Å².